The highest BCUT2D eigenvalue weighted by Crippen LogP contribution is 2.24. The number of nitrogens with zero attached hydrogens (tertiary/aromatic N) is 1. The van der Waals surface area contributed by atoms with Gasteiger partial charge in [-0.05, 0) is 40.2 Å². The molecule has 0 spiro atoms. The Morgan fingerprint density at radius 1 is 1.29 bits per heavy atom. The molecule has 21 heavy (non-hydrogen) atoms. The molecule has 1 amide bonds. The average Bonchev–Trinajstić information content (AvgIpc) is 2.41. The second-order valence-corrected chi connectivity index (χ2v) is 5.29. The van der Waals surface area contributed by atoms with Gasteiger partial charge in [-0.3, -0.25) is 14.9 Å². The molecule has 0 aromatic heterocycles. The van der Waals surface area contributed by atoms with Gasteiger partial charge in [0, 0.05) is 27.3 Å². The Hall–Kier alpha value is -1.99. The number of benzene rings is 2. The maximum absolute atomic E-state index is 13.5. The smallest absolute Gasteiger partial charge is 0.304 e. The summed E-state index contributed by atoms with van der Waals surface area (Å²) in [6, 6.07) is 7.77. The van der Waals surface area contributed by atoms with E-state index >= 15 is 0 Å². The van der Waals surface area contributed by atoms with Crippen LogP contribution in [0.4, 0.5) is 15.8 Å². The Balaban J connectivity index is 2.26. The van der Waals surface area contributed by atoms with Crippen molar-refractivity contribution in [3.63, 3.8) is 0 Å². The third kappa shape index (κ3) is 3.56. The number of nitro groups is 1. The van der Waals surface area contributed by atoms with Crippen LogP contribution in [0, 0.1) is 15.9 Å². The Morgan fingerprint density at radius 2 is 2.00 bits per heavy atom. The highest BCUT2D eigenvalue weighted by Gasteiger charge is 2.16. The Kier molecular flexibility index (Phi) is 4.54. The third-order valence-electron chi connectivity index (χ3n) is 2.58. The van der Waals surface area contributed by atoms with Gasteiger partial charge in [0.05, 0.1) is 10.5 Å². The quantitative estimate of drug-likeness (QED) is 0.640. The molecule has 0 heterocycles. The van der Waals surface area contributed by atoms with E-state index in [0.29, 0.717) is 9.50 Å². The predicted octanol–water partition coefficient (Wildman–Crippen LogP) is 4.40. The summed E-state index contributed by atoms with van der Waals surface area (Å²) in [7, 11) is 0. The molecule has 0 saturated heterocycles. The van der Waals surface area contributed by atoms with Crippen molar-refractivity contribution in [2.24, 2.45) is 0 Å². The lowest BCUT2D eigenvalue weighted by molar-refractivity contribution is -0.387. The largest absolute Gasteiger partial charge is 0.322 e. The molecule has 8 heteroatoms. The van der Waals surface area contributed by atoms with Gasteiger partial charge >= 0.3 is 5.69 Å². The summed E-state index contributed by atoms with van der Waals surface area (Å²) >= 11 is 9.02. The Morgan fingerprint density at radius 3 is 2.62 bits per heavy atom. The number of anilines is 1. The summed E-state index contributed by atoms with van der Waals surface area (Å²) in [5, 5.41) is 13.3. The van der Waals surface area contributed by atoms with Crippen LogP contribution in [0.5, 0.6) is 0 Å². The fourth-order valence-corrected chi connectivity index (χ4v) is 2.20. The number of carbonyl (C=O) groups is 1. The highest BCUT2D eigenvalue weighted by atomic mass is 79.9. The van der Waals surface area contributed by atoms with Crippen LogP contribution < -0.4 is 5.32 Å². The molecule has 0 aliphatic heterocycles. The number of amides is 1. The molecular formula is C13H7BrClFN2O3. The number of rotatable bonds is 3. The topological polar surface area (TPSA) is 72.2 Å². The molecule has 0 bridgehead atoms. The van der Waals surface area contributed by atoms with Crippen molar-refractivity contribution in [3.8, 4) is 0 Å². The number of carbonyl (C=O) groups excluding carboxylic acids is 1. The van der Waals surface area contributed by atoms with Crippen LogP contribution in [0.2, 0.25) is 5.02 Å². The number of halogens is 3. The molecule has 0 aliphatic carbocycles. The summed E-state index contributed by atoms with van der Waals surface area (Å²) in [5.41, 5.74) is -0.284. The Labute approximate surface area is 132 Å². The van der Waals surface area contributed by atoms with Crippen molar-refractivity contribution >= 4 is 44.8 Å². The van der Waals surface area contributed by atoms with E-state index in [9.17, 15) is 19.3 Å². The fraction of sp³-hybridized carbons (Fsp3) is 0. The van der Waals surface area contributed by atoms with E-state index in [1.165, 1.54) is 12.1 Å². The Bertz CT molecular complexity index is 739. The van der Waals surface area contributed by atoms with Crippen LogP contribution >= 0.6 is 27.5 Å². The molecule has 2 aromatic carbocycles. The molecule has 0 aliphatic rings. The summed E-state index contributed by atoms with van der Waals surface area (Å²) in [6.07, 6.45) is 0. The van der Waals surface area contributed by atoms with E-state index in [4.69, 9.17) is 11.6 Å². The summed E-state index contributed by atoms with van der Waals surface area (Å²) in [6.45, 7) is 0. The van der Waals surface area contributed by atoms with Gasteiger partial charge in [0.25, 0.3) is 5.91 Å². The number of nitro benzene ring substituents is 1. The molecule has 0 atom stereocenters. The van der Waals surface area contributed by atoms with Crippen LogP contribution in [-0.2, 0) is 0 Å². The van der Waals surface area contributed by atoms with Crippen molar-refractivity contribution in [3.05, 3.63) is 67.4 Å². The summed E-state index contributed by atoms with van der Waals surface area (Å²) in [5.74, 6) is -1.54. The number of hydrogen-bond acceptors (Lipinski definition) is 3. The normalized spacial score (nSPS) is 10.2. The van der Waals surface area contributed by atoms with Crippen molar-refractivity contribution in [1.82, 2.24) is 0 Å². The summed E-state index contributed by atoms with van der Waals surface area (Å²) < 4.78 is 14.0. The second kappa shape index (κ2) is 6.19. The van der Waals surface area contributed by atoms with E-state index in [2.05, 4.69) is 21.2 Å². The zero-order chi connectivity index (χ0) is 15.6. The number of hydrogen-bond donors (Lipinski definition) is 1. The third-order valence-corrected chi connectivity index (χ3v) is 3.50. The fourth-order valence-electron chi connectivity index (χ4n) is 1.60. The molecule has 0 fully saturated rings. The van der Waals surface area contributed by atoms with Gasteiger partial charge in [-0.15, -0.1) is 0 Å². The molecule has 2 rings (SSSR count). The monoisotopic (exact) mass is 372 g/mol. The SMILES string of the molecule is O=C(Nc1ccc([N+](=O)[O-])c(F)c1)c1cc(Cl)ccc1Br. The lowest BCUT2D eigenvalue weighted by Gasteiger charge is -2.07. The van der Waals surface area contributed by atoms with Crippen LogP contribution in [0.3, 0.4) is 0 Å². The molecular weight excluding hydrogens is 367 g/mol. The van der Waals surface area contributed by atoms with E-state index < -0.39 is 22.3 Å². The van der Waals surface area contributed by atoms with Crippen LogP contribution in [0.15, 0.2) is 40.9 Å². The maximum Gasteiger partial charge on any atom is 0.304 e. The number of nitrogens with one attached hydrogen (secondary N) is 1. The van der Waals surface area contributed by atoms with Gasteiger partial charge < -0.3 is 5.32 Å². The standard InChI is InChI=1S/C13H7BrClFN2O3/c14-10-3-1-7(15)5-9(10)13(19)17-8-2-4-12(18(20)21)11(16)6-8/h1-6H,(H,17,19). The molecule has 0 radical (unpaired) electrons. The van der Waals surface area contributed by atoms with Gasteiger partial charge in [-0.25, -0.2) is 0 Å². The predicted molar refractivity (Wildman–Crippen MR) is 80.2 cm³/mol. The average molecular weight is 374 g/mol. The molecule has 5 nitrogen and oxygen atoms in total. The highest BCUT2D eigenvalue weighted by molar-refractivity contribution is 9.10. The molecule has 1 N–H and O–H groups in total. The van der Waals surface area contributed by atoms with Crippen LogP contribution in [0.25, 0.3) is 0 Å². The van der Waals surface area contributed by atoms with Crippen molar-refractivity contribution in [1.29, 1.82) is 0 Å². The minimum absolute atomic E-state index is 0.106. The van der Waals surface area contributed by atoms with Crippen molar-refractivity contribution < 1.29 is 14.1 Å². The first-order valence-electron chi connectivity index (χ1n) is 5.59. The second-order valence-electron chi connectivity index (χ2n) is 4.00. The minimum Gasteiger partial charge on any atom is -0.322 e. The van der Waals surface area contributed by atoms with Crippen LogP contribution in [0.1, 0.15) is 10.4 Å². The van der Waals surface area contributed by atoms with Gasteiger partial charge in [0.2, 0.25) is 5.82 Å². The minimum atomic E-state index is -1.03. The molecule has 2 aromatic rings. The first kappa shape index (κ1) is 15.4. The van der Waals surface area contributed by atoms with E-state index in [1.54, 1.807) is 12.1 Å². The van der Waals surface area contributed by atoms with Gasteiger partial charge in [0.1, 0.15) is 0 Å². The first-order valence-corrected chi connectivity index (χ1v) is 6.76. The lowest BCUT2D eigenvalue weighted by atomic mass is 10.2. The van der Waals surface area contributed by atoms with E-state index in [1.807, 2.05) is 0 Å². The summed E-state index contributed by atoms with van der Waals surface area (Å²) in [4.78, 5) is 21.7. The van der Waals surface area contributed by atoms with Gasteiger partial charge in [-0.1, -0.05) is 11.6 Å². The lowest BCUT2D eigenvalue weighted by Crippen LogP contribution is -2.12. The maximum atomic E-state index is 13.5. The van der Waals surface area contributed by atoms with E-state index in [0.717, 1.165) is 12.1 Å². The molecule has 0 unspecified atom stereocenters. The zero-order valence-electron chi connectivity index (χ0n) is 10.3. The van der Waals surface area contributed by atoms with Gasteiger partial charge in [-0.2, -0.15) is 4.39 Å². The first-order chi connectivity index (χ1) is 9.88. The molecule has 0 saturated carbocycles. The molecule has 108 valence electrons. The van der Waals surface area contributed by atoms with Crippen LogP contribution in [-0.4, -0.2) is 10.8 Å². The van der Waals surface area contributed by atoms with Crippen molar-refractivity contribution in [2.75, 3.05) is 5.32 Å². The van der Waals surface area contributed by atoms with Gasteiger partial charge in [0.15, 0.2) is 0 Å². The van der Waals surface area contributed by atoms with E-state index in [-0.39, 0.29) is 11.3 Å². The zero-order valence-corrected chi connectivity index (χ0v) is 12.6. The van der Waals surface area contributed by atoms with Crippen molar-refractivity contribution in [2.45, 2.75) is 0 Å².